The highest BCUT2D eigenvalue weighted by Crippen LogP contribution is 2.15. The molecular formula is C17H20N6O2. The van der Waals surface area contributed by atoms with Gasteiger partial charge in [-0.15, -0.1) is 0 Å². The number of fused-ring (bicyclic) bond motifs is 1. The van der Waals surface area contributed by atoms with Gasteiger partial charge in [0.25, 0.3) is 5.91 Å². The predicted molar refractivity (Wildman–Crippen MR) is 90.8 cm³/mol. The first kappa shape index (κ1) is 15.8. The van der Waals surface area contributed by atoms with Crippen LogP contribution in [0.1, 0.15) is 22.6 Å². The van der Waals surface area contributed by atoms with Gasteiger partial charge in [0.2, 0.25) is 0 Å². The smallest absolute Gasteiger partial charge is 0.253 e. The van der Waals surface area contributed by atoms with Crippen LogP contribution in [0.25, 0.3) is 11.0 Å². The highest BCUT2D eigenvalue weighted by atomic mass is 16.6. The van der Waals surface area contributed by atoms with E-state index >= 15 is 0 Å². The Morgan fingerprint density at radius 1 is 1.16 bits per heavy atom. The molecule has 1 saturated heterocycles. The molecule has 130 valence electrons. The SMILES string of the molecule is Cn1ccnc1CN1CCCN(C(=O)c2ccc3nonc3c2)CC1. The largest absolute Gasteiger partial charge is 0.337 e. The lowest BCUT2D eigenvalue weighted by molar-refractivity contribution is 0.0761. The van der Waals surface area contributed by atoms with E-state index in [9.17, 15) is 4.79 Å². The molecule has 0 aliphatic carbocycles. The number of imidazole rings is 1. The number of aryl methyl sites for hydroxylation is 1. The normalized spacial score (nSPS) is 16.3. The van der Waals surface area contributed by atoms with E-state index in [0.717, 1.165) is 38.4 Å². The minimum atomic E-state index is 0.0312. The number of amides is 1. The zero-order valence-electron chi connectivity index (χ0n) is 14.1. The van der Waals surface area contributed by atoms with Gasteiger partial charge in [0.1, 0.15) is 16.9 Å². The van der Waals surface area contributed by atoms with Crippen LogP contribution in [-0.4, -0.2) is 61.8 Å². The molecule has 2 aromatic heterocycles. The summed E-state index contributed by atoms with van der Waals surface area (Å²) in [7, 11) is 2.00. The standard InChI is InChI=1S/C17H20N6O2/c1-21-8-5-18-16(21)12-22-6-2-7-23(10-9-22)17(24)13-3-4-14-15(11-13)20-25-19-14/h3-5,8,11H,2,6-7,9-10,12H2,1H3. The summed E-state index contributed by atoms with van der Waals surface area (Å²) in [6.07, 6.45) is 4.72. The Morgan fingerprint density at radius 2 is 2.04 bits per heavy atom. The van der Waals surface area contributed by atoms with Gasteiger partial charge in [-0.3, -0.25) is 9.69 Å². The first-order chi connectivity index (χ1) is 12.2. The maximum Gasteiger partial charge on any atom is 0.253 e. The molecule has 0 bridgehead atoms. The number of carbonyl (C=O) groups excluding carboxylic acids is 1. The van der Waals surface area contributed by atoms with Crippen molar-refractivity contribution in [3.05, 3.63) is 42.0 Å². The van der Waals surface area contributed by atoms with Gasteiger partial charge in [-0.25, -0.2) is 9.61 Å². The van der Waals surface area contributed by atoms with Crippen LogP contribution in [0.4, 0.5) is 0 Å². The fourth-order valence-corrected chi connectivity index (χ4v) is 3.18. The van der Waals surface area contributed by atoms with E-state index in [1.807, 2.05) is 28.9 Å². The molecule has 4 rings (SSSR count). The molecule has 0 saturated carbocycles. The molecule has 0 spiro atoms. The van der Waals surface area contributed by atoms with E-state index in [4.69, 9.17) is 4.63 Å². The molecule has 1 aliphatic heterocycles. The van der Waals surface area contributed by atoms with Gasteiger partial charge in [0, 0.05) is 51.2 Å². The topological polar surface area (TPSA) is 80.3 Å². The van der Waals surface area contributed by atoms with E-state index in [1.54, 1.807) is 18.2 Å². The van der Waals surface area contributed by atoms with Crippen molar-refractivity contribution in [1.29, 1.82) is 0 Å². The van der Waals surface area contributed by atoms with Crippen molar-refractivity contribution in [2.45, 2.75) is 13.0 Å². The van der Waals surface area contributed by atoms with E-state index in [1.165, 1.54) is 0 Å². The number of rotatable bonds is 3. The van der Waals surface area contributed by atoms with E-state index < -0.39 is 0 Å². The highest BCUT2D eigenvalue weighted by molar-refractivity contribution is 5.97. The zero-order valence-corrected chi connectivity index (χ0v) is 14.1. The molecule has 8 heteroatoms. The van der Waals surface area contributed by atoms with Crippen molar-refractivity contribution in [2.75, 3.05) is 26.2 Å². The van der Waals surface area contributed by atoms with Gasteiger partial charge in [0.05, 0.1) is 6.54 Å². The number of aromatic nitrogens is 4. The van der Waals surface area contributed by atoms with Crippen molar-refractivity contribution >= 4 is 16.9 Å². The number of hydrogen-bond donors (Lipinski definition) is 0. The third kappa shape index (κ3) is 3.25. The van der Waals surface area contributed by atoms with Gasteiger partial charge >= 0.3 is 0 Å². The first-order valence-corrected chi connectivity index (χ1v) is 8.41. The highest BCUT2D eigenvalue weighted by Gasteiger charge is 2.21. The number of nitrogens with zero attached hydrogens (tertiary/aromatic N) is 6. The van der Waals surface area contributed by atoms with E-state index in [0.29, 0.717) is 23.1 Å². The fraction of sp³-hybridized carbons (Fsp3) is 0.412. The third-order valence-corrected chi connectivity index (χ3v) is 4.66. The lowest BCUT2D eigenvalue weighted by Gasteiger charge is -2.22. The monoisotopic (exact) mass is 340 g/mol. The van der Waals surface area contributed by atoms with Crippen LogP contribution in [0.2, 0.25) is 0 Å². The number of hydrogen-bond acceptors (Lipinski definition) is 6. The summed E-state index contributed by atoms with van der Waals surface area (Å²) in [6.45, 7) is 4.07. The summed E-state index contributed by atoms with van der Waals surface area (Å²) in [5.41, 5.74) is 1.89. The summed E-state index contributed by atoms with van der Waals surface area (Å²) in [5.74, 6) is 1.08. The molecule has 0 radical (unpaired) electrons. The fourth-order valence-electron chi connectivity index (χ4n) is 3.18. The Bertz CT molecular complexity index is 886. The van der Waals surface area contributed by atoms with E-state index in [-0.39, 0.29) is 5.91 Å². The molecule has 0 atom stereocenters. The molecule has 25 heavy (non-hydrogen) atoms. The minimum absolute atomic E-state index is 0.0312. The molecule has 8 nitrogen and oxygen atoms in total. The van der Waals surface area contributed by atoms with Crippen LogP contribution in [-0.2, 0) is 13.6 Å². The van der Waals surface area contributed by atoms with Crippen LogP contribution in [0.5, 0.6) is 0 Å². The molecule has 3 aromatic rings. The van der Waals surface area contributed by atoms with Crippen LogP contribution >= 0.6 is 0 Å². The van der Waals surface area contributed by atoms with Crippen molar-refractivity contribution in [3.8, 4) is 0 Å². The zero-order chi connectivity index (χ0) is 17.2. The van der Waals surface area contributed by atoms with Crippen LogP contribution in [0.3, 0.4) is 0 Å². The van der Waals surface area contributed by atoms with Crippen LogP contribution in [0.15, 0.2) is 35.2 Å². The van der Waals surface area contributed by atoms with Crippen molar-refractivity contribution in [1.82, 2.24) is 29.7 Å². The second kappa shape index (κ2) is 6.64. The van der Waals surface area contributed by atoms with Gasteiger partial charge < -0.3 is 9.47 Å². The summed E-state index contributed by atoms with van der Waals surface area (Å²) in [4.78, 5) is 21.5. The number of carbonyl (C=O) groups is 1. The summed E-state index contributed by atoms with van der Waals surface area (Å²) < 4.78 is 6.74. The molecule has 1 amide bonds. The van der Waals surface area contributed by atoms with Crippen molar-refractivity contribution in [3.63, 3.8) is 0 Å². The summed E-state index contributed by atoms with van der Waals surface area (Å²) in [5, 5.41) is 7.59. The Morgan fingerprint density at radius 3 is 2.88 bits per heavy atom. The van der Waals surface area contributed by atoms with Gasteiger partial charge in [-0.05, 0) is 34.9 Å². The molecule has 1 aliphatic rings. The Balaban J connectivity index is 1.43. The Labute approximate surface area is 145 Å². The third-order valence-electron chi connectivity index (χ3n) is 4.66. The quantitative estimate of drug-likeness (QED) is 0.715. The maximum absolute atomic E-state index is 12.8. The van der Waals surface area contributed by atoms with Crippen LogP contribution in [0, 0.1) is 0 Å². The molecule has 1 fully saturated rings. The lowest BCUT2D eigenvalue weighted by Crippen LogP contribution is -2.35. The summed E-state index contributed by atoms with van der Waals surface area (Å²) in [6, 6.07) is 5.29. The lowest BCUT2D eigenvalue weighted by atomic mass is 10.1. The molecule has 1 aromatic carbocycles. The molecule has 3 heterocycles. The van der Waals surface area contributed by atoms with Gasteiger partial charge in [-0.2, -0.15) is 0 Å². The molecular weight excluding hydrogens is 320 g/mol. The van der Waals surface area contributed by atoms with Gasteiger partial charge in [-0.1, -0.05) is 0 Å². The minimum Gasteiger partial charge on any atom is -0.337 e. The Hall–Kier alpha value is -2.74. The van der Waals surface area contributed by atoms with E-state index in [2.05, 4.69) is 20.2 Å². The van der Waals surface area contributed by atoms with Crippen molar-refractivity contribution < 1.29 is 9.42 Å². The average Bonchev–Trinajstić information content (AvgIpc) is 3.18. The van der Waals surface area contributed by atoms with Crippen LogP contribution < -0.4 is 0 Å². The van der Waals surface area contributed by atoms with Crippen molar-refractivity contribution in [2.24, 2.45) is 7.05 Å². The molecule has 0 unspecified atom stereocenters. The first-order valence-electron chi connectivity index (χ1n) is 8.41. The average molecular weight is 340 g/mol. The number of benzene rings is 1. The second-order valence-electron chi connectivity index (χ2n) is 6.34. The van der Waals surface area contributed by atoms with Gasteiger partial charge in [0.15, 0.2) is 0 Å². The summed E-state index contributed by atoms with van der Waals surface area (Å²) >= 11 is 0. The predicted octanol–water partition coefficient (Wildman–Crippen LogP) is 1.30. The molecule has 0 N–H and O–H groups in total. The Kier molecular flexibility index (Phi) is 4.19. The maximum atomic E-state index is 12.8. The second-order valence-corrected chi connectivity index (χ2v) is 6.34.